The zero-order valence-corrected chi connectivity index (χ0v) is 13.5. The van der Waals surface area contributed by atoms with Crippen molar-refractivity contribution in [2.45, 2.75) is 45.4 Å². The Morgan fingerprint density at radius 2 is 2.22 bits per heavy atom. The number of aryl methyl sites for hydroxylation is 1. The van der Waals surface area contributed by atoms with Crippen LogP contribution in [0.4, 0.5) is 4.39 Å². The lowest BCUT2D eigenvalue weighted by Gasteiger charge is -2.11. The Morgan fingerprint density at radius 3 is 2.91 bits per heavy atom. The third kappa shape index (κ3) is 3.44. The number of nitrogens with zero attached hydrogens (tertiary/aromatic N) is 2. The normalized spacial score (nSPS) is 14.0. The number of halogens is 1. The van der Waals surface area contributed by atoms with Crippen LogP contribution in [-0.2, 0) is 4.74 Å². The number of imidazole rings is 1. The van der Waals surface area contributed by atoms with Crippen molar-refractivity contribution in [3.8, 4) is 5.69 Å². The van der Waals surface area contributed by atoms with Crippen LogP contribution in [0.5, 0.6) is 0 Å². The second kappa shape index (κ2) is 6.52. The number of aromatic nitrogens is 2. The Hall–Kier alpha value is -2.17. The van der Waals surface area contributed by atoms with E-state index in [1.165, 1.54) is 18.9 Å². The zero-order chi connectivity index (χ0) is 16.4. The standard InChI is InChI=1S/C18H21FN2O2/c1-3-4-7-23-18(22)14-9-17(12(2)8-15(14)19)21-10-16(20-11-21)13-5-6-13/h8-11,13H,3-7H2,1-2H3. The molecule has 1 heterocycles. The monoisotopic (exact) mass is 316 g/mol. The summed E-state index contributed by atoms with van der Waals surface area (Å²) in [5, 5.41) is 0. The van der Waals surface area contributed by atoms with Crippen molar-refractivity contribution in [3.63, 3.8) is 0 Å². The van der Waals surface area contributed by atoms with E-state index in [-0.39, 0.29) is 5.56 Å². The Morgan fingerprint density at radius 1 is 1.43 bits per heavy atom. The predicted molar refractivity (Wildman–Crippen MR) is 85.4 cm³/mol. The highest BCUT2D eigenvalue weighted by molar-refractivity contribution is 5.90. The topological polar surface area (TPSA) is 44.1 Å². The lowest BCUT2D eigenvalue weighted by Crippen LogP contribution is -2.10. The number of ether oxygens (including phenoxy) is 1. The molecule has 0 amide bonds. The molecule has 0 spiro atoms. The van der Waals surface area contributed by atoms with Gasteiger partial charge >= 0.3 is 5.97 Å². The molecule has 0 unspecified atom stereocenters. The molecule has 0 N–H and O–H groups in total. The summed E-state index contributed by atoms with van der Waals surface area (Å²) >= 11 is 0. The maximum absolute atomic E-state index is 14.1. The van der Waals surface area contributed by atoms with Gasteiger partial charge in [-0.1, -0.05) is 13.3 Å². The summed E-state index contributed by atoms with van der Waals surface area (Å²) in [7, 11) is 0. The van der Waals surface area contributed by atoms with Crippen molar-refractivity contribution in [1.29, 1.82) is 0 Å². The van der Waals surface area contributed by atoms with Crippen LogP contribution in [0.15, 0.2) is 24.7 Å². The van der Waals surface area contributed by atoms with Gasteiger partial charge in [-0.3, -0.25) is 0 Å². The van der Waals surface area contributed by atoms with Crippen LogP contribution in [0.3, 0.4) is 0 Å². The van der Waals surface area contributed by atoms with Gasteiger partial charge in [0.05, 0.1) is 29.9 Å². The van der Waals surface area contributed by atoms with Gasteiger partial charge < -0.3 is 9.30 Å². The lowest BCUT2D eigenvalue weighted by molar-refractivity contribution is 0.0494. The number of unbranched alkanes of at least 4 members (excludes halogenated alkanes) is 1. The van der Waals surface area contributed by atoms with E-state index in [9.17, 15) is 9.18 Å². The highest BCUT2D eigenvalue weighted by Crippen LogP contribution is 2.39. The molecule has 3 rings (SSSR count). The first-order valence-corrected chi connectivity index (χ1v) is 8.11. The van der Waals surface area contributed by atoms with E-state index in [1.807, 2.05) is 24.6 Å². The minimum absolute atomic E-state index is 0.0247. The molecule has 1 saturated carbocycles. The molecule has 122 valence electrons. The fourth-order valence-electron chi connectivity index (χ4n) is 2.54. The molecule has 0 saturated heterocycles. The average Bonchev–Trinajstić information content (AvgIpc) is 3.26. The largest absolute Gasteiger partial charge is 0.462 e. The first kappa shape index (κ1) is 15.7. The number of rotatable bonds is 6. The smallest absolute Gasteiger partial charge is 0.341 e. The SMILES string of the molecule is CCCCOC(=O)c1cc(-n2cnc(C3CC3)c2)c(C)cc1F. The second-order valence-electron chi connectivity index (χ2n) is 6.09. The maximum Gasteiger partial charge on any atom is 0.341 e. The highest BCUT2D eigenvalue weighted by Gasteiger charge is 2.26. The summed E-state index contributed by atoms with van der Waals surface area (Å²) in [5.41, 5.74) is 2.55. The van der Waals surface area contributed by atoms with Gasteiger partial charge in [0, 0.05) is 12.1 Å². The van der Waals surface area contributed by atoms with Crippen molar-refractivity contribution in [1.82, 2.24) is 9.55 Å². The molecule has 1 aliphatic rings. The van der Waals surface area contributed by atoms with Gasteiger partial charge in [0.2, 0.25) is 0 Å². The van der Waals surface area contributed by atoms with Gasteiger partial charge in [-0.2, -0.15) is 0 Å². The van der Waals surface area contributed by atoms with Crippen molar-refractivity contribution >= 4 is 5.97 Å². The summed E-state index contributed by atoms with van der Waals surface area (Å²) in [6.45, 7) is 4.14. The maximum atomic E-state index is 14.1. The predicted octanol–water partition coefficient (Wildman–Crippen LogP) is 4.15. The number of hydrogen-bond acceptors (Lipinski definition) is 3. The summed E-state index contributed by atoms with van der Waals surface area (Å²) in [4.78, 5) is 16.5. The van der Waals surface area contributed by atoms with Crippen LogP contribution < -0.4 is 0 Å². The van der Waals surface area contributed by atoms with Crippen LogP contribution in [-0.4, -0.2) is 22.1 Å². The molecule has 1 fully saturated rings. The van der Waals surface area contributed by atoms with E-state index >= 15 is 0 Å². The molecular weight excluding hydrogens is 295 g/mol. The number of carbonyl (C=O) groups is 1. The molecule has 0 aliphatic heterocycles. The first-order valence-electron chi connectivity index (χ1n) is 8.11. The Kier molecular flexibility index (Phi) is 4.46. The van der Waals surface area contributed by atoms with Gasteiger partial charge in [0.25, 0.3) is 0 Å². The van der Waals surface area contributed by atoms with E-state index in [0.717, 1.165) is 29.8 Å². The molecular formula is C18H21FN2O2. The number of esters is 1. The van der Waals surface area contributed by atoms with Crippen LogP contribution >= 0.6 is 0 Å². The molecule has 0 radical (unpaired) electrons. The molecule has 4 nitrogen and oxygen atoms in total. The molecule has 5 heteroatoms. The Labute approximate surface area is 135 Å². The minimum Gasteiger partial charge on any atom is -0.462 e. The van der Waals surface area contributed by atoms with Crippen molar-refractivity contribution in [3.05, 3.63) is 47.3 Å². The second-order valence-corrected chi connectivity index (χ2v) is 6.09. The number of carbonyl (C=O) groups excluding carboxylic acids is 1. The zero-order valence-electron chi connectivity index (χ0n) is 13.5. The fraction of sp³-hybridized carbons (Fsp3) is 0.444. The number of hydrogen-bond donors (Lipinski definition) is 0. The molecule has 23 heavy (non-hydrogen) atoms. The van der Waals surface area contributed by atoms with E-state index in [4.69, 9.17) is 4.74 Å². The molecule has 1 aromatic carbocycles. The average molecular weight is 316 g/mol. The quantitative estimate of drug-likeness (QED) is 0.594. The van der Waals surface area contributed by atoms with Gasteiger partial charge in [-0.15, -0.1) is 0 Å². The molecule has 1 aliphatic carbocycles. The third-order valence-electron chi connectivity index (χ3n) is 4.11. The summed E-state index contributed by atoms with van der Waals surface area (Å²) in [6, 6.07) is 2.93. The van der Waals surface area contributed by atoms with Crippen LogP contribution in [0.2, 0.25) is 0 Å². The van der Waals surface area contributed by atoms with E-state index in [1.54, 1.807) is 12.4 Å². The van der Waals surface area contributed by atoms with Gasteiger partial charge in [-0.25, -0.2) is 14.2 Å². The summed E-state index contributed by atoms with van der Waals surface area (Å²) in [5.74, 6) is -0.606. The molecule has 0 bridgehead atoms. The third-order valence-corrected chi connectivity index (χ3v) is 4.11. The molecule has 2 aromatic rings. The van der Waals surface area contributed by atoms with Crippen LogP contribution in [0, 0.1) is 12.7 Å². The number of benzene rings is 1. The summed E-state index contributed by atoms with van der Waals surface area (Å²) in [6.07, 6.45) is 7.74. The highest BCUT2D eigenvalue weighted by atomic mass is 19.1. The van der Waals surface area contributed by atoms with Crippen molar-refractivity contribution in [2.24, 2.45) is 0 Å². The Balaban J connectivity index is 1.87. The molecule has 0 atom stereocenters. The van der Waals surface area contributed by atoms with Crippen molar-refractivity contribution in [2.75, 3.05) is 6.61 Å². The first-order chi connectivity index (χ1) is 11.1. The van der Waals surface area contributed by atoms with Crippen LogP contribution in [0.1, 0.15) is 60.1 Å². The molecule has 1 aromatic heterocycles. The Bertz CT molecular complexity index is 720. The van der Waals surface area contributed by atoms with Gasteiger partial charge in [0.1, 0.15) is 5.82 Å². The van der Waals surface area contributed by atoms with Gasteiger partial charge in [-0.05, 0) is 43.9 Å². The summed E-state index contributed by atoms with van der Waals surface area (Å²) < 4.78 is 21.1. The van der Waals surface area contributed by atoms with E-state index in [0.29, 0.717) is 12.5 Å². The lowest BCUT2D eigenvalue weighted by atomic mass is 10.1. The van der Waals surface area contributed by atoms with Crippen molar-refractivity contribution < 1.29 is 13.9 Å². The van der Waals surface area contributed by atoms with E-state index < -0.39 is 11.8 Å². The van der Waals surface area contributed by atoms with Crippen LogP contribution in [0.25, 0.3) is 5.69 Å². The minimum atomic E-state index is -0.611. The van der Waals surface area contributed by atoms with Gasteiger partial charge in [0.15, 0.2) is 0 Å². The fourth-order valence-corrected chi connectivity index (χ4v) is 2.54. The van der Waals surface area contributed by atoms with E-state index in [2.05, 4.69) is 4.98 Å².